The fraction of sp³-hybridized carbons (Fsp3) is 0.167. The maximum atomic E-state index is 5.63. The zero-order valence-electron chi connectivity index (χ0n) is 6.40. The van der Waals surface area contributed by atoms with Crippen molar-refractivity contribution in [3.8, 4) is 0 Å². The molecule has 0 atom stereocenters. The first kappa shape index (κ1) is 8.98. The van der Waals surface area contributed by atoms with Gasteiger partial charge in [0.25, 0.3) is 0 Å². The van der Waals surface area contributed by atoms with Crippen LogP contribution in [0.3, 0.4) is 0 Å². The highest BCUT2D eigenvalue weighted by atomic mass is 35.5. The van der Waals surface area contributed by atoms with Crippen LogP contribution < -0.4 is 0 Å². The number of aromatic nitrogens is 4. The Hall–Kier alpha value is -0.590. The molecule has 0 amide bonds. The molecule has 0 unspecified atom stereocenters. The number of nitrogens with one attached hydrogen (secondary N) is 1. The molecule has 2 heterocycles. The number of nitrogens with zero attached hydrogens (tertiary/aromatic N) is 3. The van der Waals surface area contributed by atoms with Crippen LogP contribution in [0.1, 0.15) is 5.01 Å². The summed E-state index contributed by atoms with van der Waals surface area (Å²) in [6.07, 6.45) is 3.50. The lowest BCUT2D eigenvalue weighted by atomic mass is 10.9. The lowest BCUT2D eigenvalue weighted by molar-refractivity contribution is 1.03. The van der Waals surface area contributed by atoms with E-state index in [0.29, 0.717) is 4.47 Å². The van der Waals surface area contributed by atoms with E-state index in [1.54, 1.807) is 24.2 Å². The highest BCUT2D eigenvalue weighted by molar-refractivity contribution is 7.98. The molecule has 4 nitrogen and oxygen atoms in total. The van der Waals surface area contributed by atoms with Crippen LogP contribution in [0.2, 0.25) is 4.47 Å². The molecule has 2 aromatic rings. The number of halogens is 1. The summed E-state index contributed by atoms with van der Waals surface area (Å²) in [7, 11) is 0. The predicted octanol–water partition coefficient (Wildman–Crippen LogP) is 2.21. The number of thioether (sulfide) groups is 1. The van der Waals surface area contributed by atoms with E-state index in [1.165, 1.54) is 11.3 Å². The van der Waals surface area contributed by atoms with Crippen molar-refractivity contribution in [3.05, 3.63) is 21.9 Å². The minimum Gasteiger partial charge on any atom is -0.340 e. The van der Waals surface area contributed by atoms with E-state index < -0.39 is 0 Å². The van der Waals surface area contributed by atoms with Crippen molar-refractivity contribution in [2.75, 3.05) is 0 Å². The molecular formula is C6H5ClN4S2. The maximum Gasteiger partial charge on any atom is 0.207 e. The van der Waals surface area contributed by atoms with E-state index in [4.69, 9.17) is 11.6 Å². The van der Waals surface area contributed by atoms with Gasteiger partial charge >= 0.3 is 0 Å². The molecule has 0 aliphatic rings. The van der Waals surface area contributed by atoms with E-state index in [-0.39, 0.29) is 0 Å². The van der Waals surface area contributed by atoms with Crippen LogP contribution in [-0.2, 0) is 5.75 Å². The zero-order valence-corrected chi connectivity index (χ0v) is 8.79. The van der Waals surface area contributed by atoms with Crippen molar-refractivity contribution in [2.45, 2.75) is 10.9 Å². The van der Waals surface area contributed by atoms with Gasteiger partial charge in [-0.3, -0.25) is 0 Å². The van der Waals surface area contributed by atoms with Gasteiger partial charge in [0.05, 0.1) is 5.75 Å². The van der Waals surface area contributed by atoms with Gasteiger partial charge in [-0.25, -0.2) is 4.98 Å². The van der Waals surface area contributed by atoms with Crippen molar-refractivity contribution in [2.24, 2.45) is 0 Å². The van der Waals surface area contributed by atoms with Crippen LogP contribution in [0.25, 0.3) is 0 Å². The van der Waals surface area contributed by atoms with Gasteiger partial charge in [-0.2, -0.15) is 0 Å². The quantitative estimate of drug-likeness (QED) is 0.825. The molecule has 2 rings (SSSR count). The van der Waals surface area contributed by atoms with Crippen molar-refractivity contribution < 1.29 is 0 Å². The Kier molecular flexibility index (Phi) is 2.82. The average Bonchev–Trinajstić information content (AvgIpc) is 2.71. The summed E-state index contributed by atoms with van der Waals surface area (Å²) in [5, 5.41) is 9.39. The van der Waals surface area contributed by atoms with Crippen LogP contribution in [-0.4, -0.2) is 20.2 Å². The minimum absolute atomic E-state index is 0.482. The number of imidazole rings is 1. The number of hydrogen-bond donors (Lipinski definition) is 1. The van der Waals surface area contributed by atoms with Crippen molar-refractivity contribution in [1.82, 2.24) is 20.2 Å². The van der Waals surface area contributed by atoms with Crippen molar-refractivity contribution >= 4 is 34.7 Å². The number of aromatic amines is 1. The highest BCUT2D eigenvalue weighted by Crippen LogP contribution is 2.22. The standard InChI is InChI=1S/C6H5ClN4S2/c7-5-11-10-4(13-5)3-12-6-8-1-2-9-6/h1-2H,3H2,(H,8,9). The van der Waals surface area contributed by atoms with Gasteiger partial charge in [0.1, 0.15) is 5.01 Å². The van der Waals surface area contributed by atoms with Gasteiger partial charge in [0, 0.05) is 12.4 Å². The molecule has 13 heavy (non-hydrogen) atoms. The Bertz CT molecular complexity index is 372. The second-order valence-electron chi connectivity index (χ2n) is 2.13. The Morgan fingerprint density at radius 2 is 2.46 bits per heavy atom. The fourth-order valence-corrected chi connectivity index (χ4v) is 2.43. The SMILES string of the molecule is Clc1nnc(CSc2ncc[nH]2)s1. The first-order valence-electron chi connectivity index (χ1n) is 3.44. The first-order valence-corrected chi connectivity index (χ1v) is 5.62. The average molecular weight is 233 g/mol. The van der Waals surface area contributed by atoms with Gasteiger partial charge in [-0.1, -0.05) is 23.1 Å². The van der Waals surface area contributed by atoms with Crippen LogP contribution in [0.5, 0.6) is 0 Å². The molecular weight excluding hydrogens is 228 g/mol. The predicted molar refractivity (Wildman–Crippen MR) is 53.1 cm³/mol. The molecule has 2 aromatic heterocycles. The van der Waals surface area contributed by atoms with Crippen molar-refractivity contribution in [1.29, 1.82) is 0 Å². The first-order chi connectivity index (χ1) is 6.34. The third-order valence-corrected chi connectivity index (χ3v) is 3.36. The maximum absolute atomic E-state index is 5.63. The van der Waals surface area contributed by atoms with Crippen LogP contribution in [0.4, 0.5) is 0 Å². The lowest BCUT2D eigenvalue weighted by Gasteiger charge is -1.90. The second kappa shape index (κ2) is 4.08. The fourth-order valence-electron chi connectivity index (χ4n) is 0.751. The van der Waals surface area contributed by atoms with Gasteiger partial charge in [-0.15, -0.1) is 10.2 Å². The molecule has 0 fully saturated rings. The molecule has 7 heteroatoms. The minimum atomic E-state index is 0.482. The highest BCUT2D eigenvalue weighted by Gasteiger charge is 2.03. The lowest BCUT2D eigenvalue weighted by Crippen LogP contribution is -1.80. The second-order valence-corrected chi connectivity index (χ2v) is 4.74. The Labute approximate surface area is 87.8 Å². The van der Waals surface area contributed by atoms with Crippen LogP contribution in [0.15, 0.2) is 17.6 Å². The molecule has 0 saturated heterocycles. The summed E-state index contributed by atoms with van der Waals surface area (Å²) in [6, 6.07) is 0. The molecule has 1 N–H and O–H groups in total. The molecule has 0 spiro atoms. The summed E-state index contributed by atoms with van der Waals surface area (Å²) in [5.41, 5.74) is 0. The summed E-state index contributed by atoms with van der Waals surface area (Å²) in [4.78, 5) is 7.06. The van der Waals surface area contributed by atoms with Gasteiger partial charge < -0.3 is 4.98 Å². The zero-order chi connectivity index (χ0) is 9.10. The molecule has 0 bridgehead atoms. The summed E-state index contributed by atoms with van der Waals surface area (Å²) in [5.74, 6) is 0.748. The summed E-state index contributed by atoms with van der Waals surface area (Å²) < 4.78 is 0.482. The molecule has 0 aromatic carbocycles. The molecule has 68 valence electrons. The van der Waals surface area contributed by atoms with Crippen LogP contribution in [0, 0.1) is 0 Å². The van der Waals surface area contributed by atoms with E-state index >= 15 is 0 Å². The molecule has 0 aliphatic carbocycles. The van der Waals surface area contributed by atoms with Gasteiger partial charge in [0.2, 0.25) is 4.47 Å². The monoisotopic (exact) mass is 232 g/mol. The van der Waals surface area contributed by atoms with Crippen molar-refractivity contribution in [3.63, 3.8) is 0 Å². The number of rotatable bonds is 3. The molecule has 0 radical (unpaired) electrons. The third kappa shape index (κ3) is 2.43. The Balaban J connectivity index is 1.93. The van der Waals surface area contributed by atoms with Gasteiger partial charge in [-0.05, 0) is 11.6 Å². The summed E-state index contributed by atoms with van der Waals surface area (Å²) in [6.45, 7) is 0. The van der Waals surface area contributed by atoms with E-state index in [2.05, 4.69) is 20.2 Å². The largest absolute Gasteiger partial charge is 0.340 e. The van der Waals surface area contributed by atoms with Crippen LogP contribution >= 0.6 is 34.7 Å². The summed E-state index contributed by atoms with van der Waals surface area (Å²) >= 11 is 8.60. The molecule has 0 aliphatic heterocycles. The van der Waals surface area contributed by atoms with E-state index in [1.807, 2.05) is 0 Å². The smallest absolute Gasteiger partial charge is 0.207 e. The normalized spacial score (nSPS) is 10.5. The van der Waals surface area contributed by atoms with Gasteiger partial charge in [0.15, 0.2) is 5.16 Å². The third-order valence-electron chi connectivity index (χ3n) is 1.25. The topological polar surface area (TPSA) is 54.5 Å². The Morgan fingerprint density at radius 3 is 3.08 bits per heavy atom. The Morgan fingerprint density at radius 1 is 1.54 bits per heavy atom. The van der Waals surface area contributed by atoms with E-state index in [9.17, 15) is 0 Å². The number of H-pyrrole nitrogens is 1. The molecule has 0 saturated carbocycles. The van der Waals surface area contributed by atoms with E-state index in [0.717, 1.165) is 15.9 Å². The number of hydrogen-bond acceptors (Lipinski definition) is 5.